The minimum atomic E-state index is -0.846. The van der Waals surface area contributed by atoms with E-state index in [-0.39, 0.29) is 11.8 Å². The molecule has 136 valence electrons. The van der Waals surface area contributed by atoms with Crippen molar-refractivity contribution in [1.82, 2.24) is 4.90 Å². The second kappa shape index (κ2) is 7.32. The number of benzene rings is 2. The van der Waals surface area contributed by atoms with Crippen molar-refractivity contribution in [3.05, 3.63) is 65.2 Å². The van der Waals surface area contributed by atoms with Gasteiger partial charge in [-0.2, -0.15) is 0 Å². The molecule has 0 spiro atoms. The quantitative estimate of drug-likeness (QED) is 0.896. The average molecular weight is 350 g/mol. The van der Waals surface area contributed by atoms with E-state index in [1.165, 1.54) is 0 Å². The molecule has 2 aromatic rings. The van der Waals surface area contributed by atoms with Crippen LogP contribution in [0.5, 0.6) is 0 Å². The van der Waals surface area contributed by atoms with Crippen LogP contribution in [0.15, 0.2) is 48.5 Å². The maximum absolute atomic E-state index is 13.2. The van der Waals surface area contributed by atoms with Gasteiger partial charge in [-0.15, -0.1) is 0 Å². The van der Waals surface area contributed by atoms with Crippen LogP contribution in [-0.2, 0) is 4.79 Å². The highest BCUT2D eigenvalue weighted by molar-refractivity contribution is 6.04. The number of carbonyl (C=O) groups excluding carboxylic acids is 2. The van der Waals surface area contributed by atoms with E-state index in [1.807, 2.05) is 57.2 Å². The molecule has 1 aliphatic heterocycles. The van der Waals surface area contributed by atoms with Crippen molar-refractivity contribution >= 4 is 17.5 Å². The van der Waals surface area contributed by atoms with Crippen molar-refractivity contribution in [2.24, 2.45) is 0 Å². The Hall–Kier alpha value is -2.62. The third kappa shape index (κ3) is 3.36. The fraction of sp³-hybridized carbons (Fsp3) is 0.364. The van der Waals surface area contributed by atoms with Crippen LogP contribution >= 0.6 is 0 Å². The molecule has 1 atom stereocenters. The van der Waals surface area contributed by atoms with Crippen molar-refractivity contribution in [1.29, 1.82) is 0 Å². The van der Waals surface area contributed by atoms with E-state index >= 15 is 0 Å². The summed E-state index contributed by atoms with van der Waals surface area (Å²) < 4.78 is 0. The zero-order valence-corrected chi connectivity index (χ0v) is 15.7. The molecule has 1 N–H and O–H groups in total. The first kappa shape index (κ1) is 18.2. The van der Waals surface area contributed by atoms with E-state index in [2.05, 4.69) is 5.32 Å². The highest BCUT2D eigenvalue weighted by Crippen LogP contribution is 2.31. The largest absolute Gasteiger partial charge is 0.324 e. The van der Waals surface area contributed by atoms with Gasteiger partial charge in [0.25, 0.3) is 5.91 Å². The van der Waals surface area contributed by atoms with Gasteiger partial charge in [-0.3, -0.25) is 9.59 Å². The Kier molecular flexibility index (Phi) is 5.12. The Morgan fingerprint density at radius 1 is 1.00 bits per heavy atom. The third-order valence-electron chi connectivity index (χ3n) is 5.50. The van der Waals surface area contributed by atoms with Crippen LogP contribution < -0.4 is 5.32 Å². The molecule has 0 radical (unpaired) electrons. The third-order valence-corrected chi connectivity index (χ3v) is 5.50. The van der Waals surface area contributed by atoms with Crippen LogP contribution in [0, 0.1) is 13.8 Å². The van der Waals surface area contributed by atoms with Crippen molar-refractivity contribution in [2.75, 3.05) is 11.9 Å². The lowest BCUT2D eigenvalue weighted by Gasteiger charge is -2.43. The van der Waals surface area contributed by atoms with Gasteiger partial charge in [0, 0.05) is 17.8 Å². The summed E-state index contributed by atoms with van der Waals surface area (Å²) in [5.41, 5.74) is 2.78. The van der Waals surface area contributed by atoms with E-state index in [1.54, 1.807) is 17.0 Å². The van der Waals surface area contributed by atoms with Crippen molar-refractivity contribution in [3.63, 3.8) is 0 Å². The van der Waals surface area contributed by atoms with Crippen LogP contribution in [-0.4, -0.2) is 28.8 Å². The lowest BCUT2D eigenvalue weighted by molar-refractivity contribution is -0.127. The molecule has 0 unspecified atom stereocenters. The number of nitrogens with one attached hydrogen (secondary N) is 1. The minimum absolute atomic E-state index is 0.0797. The molecule has 26 heavy (non-hydrogen) atoms. The first-order valence-electron chi connectivity index (χ1n) is 9.18. The molecule has 1 fully saturated rings. The maximum Gasteiger partial charge on any atom is 0.254 e. The zero-order valence-electron chi connectivity index (χ0n) is 15.7. The van der Waals surface area contributed by atoms with Crippen LogP contribution in [0.1, 0.15) is 47.7 Å². The number of aryl methyl sites for hydroxylation is 1. The number of anilines is 1. The van der Waals surface area contributed by atoms with E-state index < -0.39 is 5.54 Å². The topological polar surface area (TPSA) is 49.4 Å². The molecule has 1 aliphatic rings. The van der Waals surface area contributed by atoms with Gasteiger partial charge >= 0.3 is 0 Å². The second-order valence-corrected chi connectivity index (χ2v) is 7.26. The monoisotopic (exact) mass is 350 g/mol. The fourth-order valence-corrected chi connectivity index (χ4v) is 3.56. The highest BCUT2D eigenvalue weighted by atomic mass is 16.2. The van der Waals surface area contributed by atoms with Crippen LogP contribution in [0.2, 0.25) is 0 Å². The highest BCUT2D eigenvalue weighted by Gasteiger charge is 2.44. The van der Waals surface area contributed by atoms with Crippen molar-refractivity contribution < 1.29 is 9.59 Å². The number of nitrogens with zero attached hydrogens (tertiary/aromatic N) is 1. The number of carbonyl (C=O) groups is 2. The smallest absolute Gasteiger partial charge is 0.254 e. The van der Waals surface area contributed by atoms with Crippen LogP contribution in [0.4, 0.5) is 5.69 Å². The van der Waals surface area contributed by atoms with Gasteiger partial charge in [-0.25, -0.2) is 0 Å². The van der Waals surface area contributed by atoms with Crippen LogP contribution in [0.25, 0.3) is 0 Å². The van der Waals surface area contributed by atoms with E-state index in [4.69, 9.17) is 0 Å². The molecule has 4 heteroatoms. The number of hydrogen-bond donors (Lipinski definition) is 1. The zero-order chi connectivity index (χ0) is 18.7. The van der Waals surface area contributed by atoms with Crippen molar-refractivity contribution in [3.8, 4) is 0 Å². The second-order valence-electron chi connectivity index (χ2n) is 7.26. The maximum atomic E-state index is 13.2. The summed E-state index contributed by atoms with van der Waals surface area (Å²) in [6.45, 7) is 6.51. The Balaban J connectivity index is 1.88. The van der Waals surface area contributed by atoms with E-state index in [0.29, 0.717) is 18.5 Å². The lowest BCUT2D eigenvalue weighted by atomic mass is 9.86. The summed E-state index contributed by atoms with van der Waals surface area (Å²) in [5.74, 6) is -0.195. The Morgan fingerprint density at radius 2 is 1.73 bits per heavy atom. The normalized spacial score (nSPS) is 19.9. The predicted octanol–water partition coefficient (Wildman–Crippen LogP) is 4.33. The first-order chi connectivity index (χ1) is 12.4. The molecule has 3 rings (SSSR count). The summed E-state index contributed by atoms with van der Waals surface area (Å²) in [6.07, 6.45) is 2.53. The fourth-order valence-electron chi connectivity index (χ4n) is 3.56. The lowest BCUT2D eigenvalue weighted by Crippen LogP contribution is -2.59. The molecule has 0 aliphatic carbocycles. The number of hydrogen-bond acceptors (Lipinski definition) is 2. The molecule has 4 nitrogen and oxygen atoms in total. The molecular weight excluding hydrogens is 324 g/mol. The first-order valence-corrected chi connectivity index (χ1v) is 9.18. The van der Waals surface area contributed by atoms with Gasteiger partial charge in [0.05, 0.1) is 0 Å². The summed E-state index contributed by atoms with van der Waals surface area (Å²) in [7, 11) is 0. The molecule has 1 heterocycles. The number of piperidine rings is 1. The number of rotatable bonds is 3. The summed E-state index contributed by atoms with van der Waals surface area (Å²) in [4.78, 5) is 28.0. The molecular formula is C22H26N2O2. The van der Waals surface area contributed by atoms with Crippen molar-refractivity contribution in [2.45, 2.75) is 45.6 Å². The van der Waals surface area contributed by atoms with Crippen LogP contribution in [0.3, 0.4) is 0 Å². The van der Waals surface area contributed by atoms with E-state index in [9.17, 15) is 9.59 Å². The van der Waals surface area contributed by atoms with Gasteiger partial charge in [0.1, 0.15) is 5.54 Å². The molecule has 0 aromatic heterocycles. The summed E-state index contributed by atoms with van der Waals surface area (Å²) in [6, 6.07) is 15.1. The SMILES string of the molecule is Cc1cccc(NC(=O)[C@]2(C)CCCCN2C(=O)c2ccccc2)c1C. The standard InChI is InChI=1S/C22H26N2O2/c1-16-10-9-13-19(17(16)2)23-21(26)22(3)14-7-8-15-24(22)20(25)18-11-5-4-6-12-18/h4-6,9-13H,7-8,14-15H2,1-3H3,(H,23,26)/t22-/m0/s1. The van der Waals surface area contributed by atoms with Gasteiger partial charge in [0.15, 0.2) is 0 Å². The van der Waals surface area contributed by atoms with Gasteiger partial charge in [-0.1, -0.05) is 30.3 Å². The molecule has 2 aromatic carbocycles. The predicted molar refractivity (Wildman–Crippen MR) is 104 cm³/mol. The number of likely N-dealkylation sites (tertiary alicyclic amines) is 1. The summed E-state index contributed by atoms with van der Waals surface area (Å²) >= 11 is 0. The molecule has 2 amide bonds. The Morgan fingerprint density at radius 3 is 2.46 bits per heavy atom. The average Bonchev–Trinajstić information content (AvgIpc) is 2.66. The molecule has 1 saturated heterocycles. The number of amides is 2. The Labute approximate surface area is 155 Å². The van der Waals surface area contributed by atoms with Gasteiger partial charge in [0.2, 0.25) is 5.91 Å². The van der Waals surface area contributed by atoms with Gasteiger partial charge in [-0.05, 0) is 69.4 Å². The minimum Gasteiger partial charge on any atom is -0.324 e. The summed E-state index contributed by atoms with van der Waals surface area (Å²) in [5, 5.41) is 3.06. The molecule has 0 bridgehead atoms. The van der Waals surface area contributed by atoms with E-state index in [0.717, 1.165) is 29.7 Å². The molecule has 0 saturated carbocycles. The van der Waals surface area contributed by atoms with Gasteiger partial charge < -0.3 is 10.2 Å². The Bertz CT molecular complexity index is 816.